The number of anilines is 1. The van der Waals surface area contributed by atoms with Crippen LogP contribution in [-0.2, 0) is 6.42 Å². The topological polar surface area (TPSA) is 49.8 Å². The maximum absolute atomic E-state index is 4.14. The van der Waals surface area contributed by atoms with Crippen LogP contribution >= 0.6 is 0 Å². The summed E-state index contributed by atoms with van der Waals surface area (Å²) in [4.78, 5) is 8.27. The summed E-state index contributed by atoms with van der Waals surface area (Å²) < 4.78 is 0. The zero-order chi connectivity index (χ0) is 10.2. The minimum atomic E-state index is 0.897. The van der Waals surface area contributed by atoms with Crippen molar-refractivity contribution in [1.82, 2.24) is 15.3 Å². The lowest BCUT2D eigenvalue weighted by atomic mass is 10.3. The Bertz CT molecular complexity index is 262. The van der Waals surface area contributed by atoms with Crippen molar-refractivity contribution < 1.29 is 0 Å². The summed E-state index contributed by atoms with van der Waals surface area (Å²) in [5.74, 6) is 0.912. The molecular weight excluding hydrogens is 176 g/mol. The second kappa shape index (κ2) is 6.32. The molecule has 1 heterocycles. The zero-order valence-corrected chi connectivity index (χ0v) is 8.88. The fourth-order valence-electron chi connectivity index (χ4n) is 1.14. The normalized spacial score (nSPS) is 10.1. The van der Waals surface area contributed by atoms with Crippen LogP contribution in [0.3, 0.4) is 0 Å². The predicted molar refractivity (Wildman–Crippen MR) is 58.4 cm³/mol. The van der Waals surface area contributed by atoms with Crippen LogP contribution < -0.4 is 10.6 Å². The van der Waals surface area contributed by atoms with Crippen LogP contribution in [0.5, 0.6) is 0 Å². The van der Waals surface area contributed by atoms with Gasteiger partial charge in [-0.3, -0.25) is 0 Å². The summed E-state index contributed by atoms with van der Waals surface area (Å²) in [5.41, 5.74) is 1.07. The Morgan fingerprint density at radius 1 is 1.21 bits per heavy atom. The molecule has 2 N–H and O–H groups in total. The molecule has 0 radical (unpaired) electrons. The summed E-state index contributed by atoms with van der Waals surface area (Å²) in [5, 5.41) is 6.48. The lowest BCUT2D eigenvalue weighted by molar-refractivity contribution is 0.737. The van der Waals surface area contributed by atoms with Crippen LogP contribution in [0.1, 0.15) is 19.5 Å². The number of nitrogens with zero attached hydrogens (tertiary/aromatic N) is 2. The first-order valence-electron chi connectivity index (χ1n) is 5.12. The van der Waals surface area contributed by atoms with Gasteiger partial charge in [0.1, 0.15) is 12.1 Å². The Labute approximate surface area is 85.2 Å². The van der Waals surface area contributed by atoms with E-state index >= 15 is 0 Å². The number of hydrogen-bond donors (Lipinski definition) is 2. The van der Waals surface area contributed by atoms with E-state index in [1.807, 2.05) is 6.07 Å². The molecule has 0 amide bonds. The van der Waals surface area contributed by atoms with E-state index < -0.39 is 0 Å². The molecule has 1 aromatic heterocycles. The van der Waals surface area contributed by atoms with Crippen molar-refractivity contribution in [3.63, 3.8) is 0 Å². The van der Waals surface area contributed by atoms with Crippen molar-refractivity contribution in [1.29, 1.82) is 0 Å². The molecule has 78 valence electrons. The van der Waals surface area contributed by atoms with E-state index in [0.29, 0.717) is 0 Å². The third kappa shape index (κ3) is 3.70. The lowest BCUT2D eigenvalue weighted by Crippen LogP contribution is -2.21. The van der Waals surface area contributed by atoms with E-state index in [1.54, 1.807) is 6.33 Å². The van der Waals surface area contributed by atoms with E-state index in [-0.39, 0.29) is 0 Å². The van der Waals surface area contributed by atoms with Crippen molar-refractivity contribution in [3.8, 4) is 0 Å². The summed E-state index contributed by atoms with van der Waals surface area (Å²) >= 11 is 0. The molecule has 0 aliphatic carbocycles. The van der Waals surface area contributed by atoms with Gasteiger partial charge in [-0.2, -0.15) is 0 Å². The van der Waals surface area contributed by atoms with Gasteiger partial charge < -0.3 is 10.6 Å². The average molecular weight is 194 g/mol. The third-order valence-electron chi connectivity index (χ3n) is 1.94. The molecule has 0 fully saturated rings. The molecule has 14 heavy (non-hydrogen) atoms. The van der Waals surface area contributed by atoms with E-state index in [0.717, 1.165) is 37.6 Å². The molecule has 0 unspecified atom stereocenters. The lowest BCUT2D eigenvalue weighted by Gasteiger charge is -2.06. The van der Waals surface area contributed by atoms with Gasteiger partial charge in [0.15, 0.2) is 0 Å². The van der Waals surface area contributed by atoms with Crippen LogP contribution in [-0.4, -0.2) is 29.6 Å². The van der Waals surface area contributed by atoms with Crippen LogP contribution in [0.4, 0.5) is 5.82 Å². The Hall–Kier alpha value is -1.16. The monoisotopic (exact) mass is 194 g/mol. The number of nitrogens with one attached hydrogen (secondary N) is 2. The highest BCUT2D eigenvalue weighted by molar-refractivity contribution is 5.34. The first-order valence-corrected chi connectivity index (χ1v) is 5.12. The number of aromatic nitrogens is 2. The van der Waals surface area contributed by atoms with Crippen molar-refractivity contribution in [3.05, 3.63) is 18.1 Å². The Morgan fingerprint density at radius 3 is 2.79 bits per heavy atom. The molecule has 1 aromatic rings. The fraction of sp³-hybridized carbons (Fsp3) is 0.600. The first-order chi connectivity index (χ1) is 6.86. The Morgan fingerprint density at radius 2 is 2.07 bits per heavy atom. The maximum Gasteiger partial charge on any atom is 0.129 e. The van der Waals surface area contributed by atoms with Gasteiger partial charge in [-0.1, -0.05) is 13.8 Å². The van der Waals surface area contributed by atoms with Gasteiger partial charge in [0, 0.05) is 24.8 Å². The van der Waals surface area contributed by atoms with Gasteiger partial charge in [0.2, 0.25) is 0 Å². The zero-order valence-electron chi connectivity index (χ0n) is 8.88. The van der Waals surface area contributed by atoms with Crippen LogP contribution in [0, 0.1) is 0 Å². The van der Waals surface area contributed by atoms with Crippen molar-refractivity contribution in [2.75, 3.05) is 25.0 Å². The molecule has 1 rings (SSSR count). The second-order valence-electron chi connectivity index (χ2n) is 3.03. The Kier molecular flexibility index (Phi) is 4.93. The van der Waals surface area contributed by atoms with Gasteiger partial charge in [0.25, 0.3) is 0 Å². The van der Waals surface area contributed by atoms with Gasteiger partial charge in [-0.05, 0) is 13.0 Å². The molecule has 4 heteroatoms. The summed E-state index contributed by atoms with van der Waals surface area (Å²) in [7, 11) is 0. The number of rotatable bonds is 6. The molecule has 0 aromatic carbocycles. The van der Waals surface area contributed by atoms with E-state index in [1.165, 1.54) is 0 Å². The number of aryl methyl sites for hydroxylation is 1. The first kappa shape index (κ1) is 10.9. The highest BCUT2D eigenvalue weighted by Crippen LogP contribution is 2.03. The van der Waals surface area contributed by atoms with E-state index in [2.05, 4.69) is 34.4 Å². The molecule has 0 saturated heterocycles. The standard InChI is InChI=1S/C10H18N4/c1-3-9-7-10(14-8-13-9)12-6-5-11-4-2/h7-8,11H,3-6H2,1-2H3,(H,12,13,14). The maximum atomic E-state index is 4.14. The molecule has 0 aliphatic heterocycles. The largest absolute Gasteiger partial charge is 0.369 e. The van der Waals surface area contributed by atoms with E-state index in [9.17, 15) is 0 Å². The molecular formula is C10H18N4. The SMILES string of the molecule is CCNCCNc1cc(CC)ncn1. The van der Waals surface area contributed by atoms with Crippen LogP contribution in [0.15, 0.2) is 12.4 Å². The Balaban J connectivity index is 2.34. The minimum absolute atomic E-state index is 0.897. The van der Waals surface area contributed by atoms with Crippen LogP contribution in [0.25, 0.3) is 0 Å². The molecule has 0 aliphatic rings. The minimum Gasteiger partial charge on any atom is -0.369 e. The van der Waals surface area contributed by atoms with Crippen molar-refractivity contribution >= 4 is 5.82 Å². The smallest absolute Gasteiger partial charge is 0.129 e. The number of likely N-dealkylation sites (N-methyl/N-ethyl adjacent to an activating group) is 1. The predicted octanol–water partition coefficient (Wildman–Crippen LogP) is 1.06. The highest BCUT2D eigenvalue weighted by Gasteiger charge is 1.95. The highest BCUT2D eigenvalue weighted by atomic mass is 15.0. The second-order valence-corrected chi connectivity index (χ2v) is 3.03. The molecule has 0 spiro atoms. The van der Waals surface area contributed by atoms with Gasteiger partial charge in [0.05, 0.1) is 0 Å². The number of hydrogen-bond acceptors (Lipinski definition) is 4. The molecule has 0 atom stereocenters. The summed E-state index contributed by atoms with van der Waals surface area (Å²) in [6.07, 6.45) is 2.55. The molecule has 0 saturated carbocycles. The molecule has 4 nitrogen and oxygen atoms in total. The van der Waals surface area contributed by atoms with Crippen molar-refractivity contribution in [2.24, 2.45) is 0 Å². The average Bonchev–Trinajstić information content (AvgIpc) is 2.25. The fourth-order valence-corrected chi connectivity index (χ4v) is 1.14. The molecule has 0 bridgehead atoms. The van der Waals surface area contributed by atoms with Crippen LogP contribution in [0.2, 0.25) is 0 Å². The quantitative estimate of drug-likeness (QED) is 0.665. The van der Waals surface area contributed by atoms with Crippen molar-refractivity contribution in [2.45, 2.75) is 20.3 Å². The van der Waals surface area contributed by atoms with E-state index in [4.69, 9.17) is 0 Å². The summed E-state index contributed by atoms with van der Waals surface area (Å²) in [6.45, 7) is 7.05. The summed E-state index contributed by atoms with van der Waals surface area (Å²) in [6, 6.07) is 1.99. The van der Waals surface area contributed by atoms with Gasteiger partial charge >= 0.3 is 0 Å². The van der Waals surface area contributed by atoms with Gasteiger partial charge in [-0.15, -0.1) is 0 Å². The van der Waals surface area contributed by atoms with Gasteiger partial charge in [-0.25, -0.2) is 9.97 Å². The third-order valence-corrected chi connectivity index (χ3v) is 1.94.